The summed E-state index contributed by atoms with van der Waals surface area (Å²) >= 11 is 3.39. The number of carbonyl (C=O) groups is 2. The van der Waals surface area contributed by atoms with Gasteiger partial charge in [0.25, 0.3) is 0 Å². The molecule has 0 N–H and O–H groups in total. The summed E-state index contributed by atoms with van der Waals surface area (Å²) in [5.74, 6) is -0.631. The smallest absolute Gasteiger partial charge is 0.337 e. The predicted octanol–water partition coefficient (Wildman–Crippen LogP) is 3.88. The van der Waals surface area contributed by atoms with E-state index >= 15 is 0 Å². The number of ether oxygens (including phenoxy) is 3. The van der Waals surface area contributed by atoms with E-state index in [2.05, 4.69) is 15.9 Å². The van der Waals surface area contributed by atoms with Crippen LogP contribution in [0.5, 0.6) is 0 Å². The summed E-state index contributed by atoms with van der Waals surface area (Å²) in [5, 5.41) is 0. The van der Waals surface area contributed by atoms with Gasteiger partial charge >= 0.3 is 11.9 Å². The van der Waals surface area contributed by atoms with Crippen LogP contribution in [0.3, 0.4) is 0 Å². The maximum Gasteiger partial charge on any atom is 0.337 e. The van der Waals surface area contributed by atoms with Crippen LogP contribution < -0.4 is 0 Å². The molecule has 0 fully saturated rings. The summed E-state index contributed by atoms with van der Waals surface area (Å²) in [5.41, 5.74) is 1.40. The Kier molecular flexibility index (Phi) is 6.82. The third-order valence-corrected chi connectivity index (χ3v) is 4.46. The maximum atomic E-state index is 12.1. The van der Waals surface area contributed by atoms with Gasteiger partial charge in [-0.15, -0.1) is 0 Å². The van der Waals surface area contributed by atoms with Crippen LogP contribution in [0, 0.1) is 5.92 Å². The second-order valence-corrected chi connectivity index (χ2v) is 6.52. The third-order valence-electron chi connectivity index (χ3n) is 3.93. The van der Waals surface area contributed by atoms with Gasteiger partial charge in [-0.3, -0.25) is 4.79 Å². The molecule has 0 aliphatic carbocycles. The van der Waals surface area contributed by atoms with Crippen molar-refractivity contribution in [1.29, 1.82) is 0 Å². The van der Waals surface area contributed by atoms with E-state index in [1.165, 1.54) is 7.11 Å². The van der Waals surface area contributed by atoms with Crippen molar-refractivity contribution < 1.29 is 23.8 Å². The van der Waals surface area contributed by atoms with Gasteiger partial charge in [-0.25, -0.2) is 4.79 Å². The molecule has 0 bridgehead atoms. The highest BCUT2D eigenvalue weighted by molar-refractivity contribution is 9.10. The first-order chi connectivity index (χ1) is 12.0. The van der Waals surface area contributed by atoms with Crippen molar-refractivity contribution in [2.24, 2.45) is 5.92 Å². The molecule has 1 aliphatic heterocycles. The molecule has 0 saturated carbocycles. The van der Waals surface area contributed by atoms with Crippen LogP contribution >= 0.6 is 15.9 Å². The van der Waals surface area contributed by atoms with Gasteiger partial charge < -0.3 is 14.2 Å². The maximum absolute atomic E-state index is 12.1. The number of esters is 2. The van der Waals surface area contributed by atoms with Crippen LogP contribution in [0.25, 0.3) is 6.08 Å². The van der Waals surface area contributed by atoms with Gasteiger partial charge in [-0.05, 0) is 30.7 Å². The lowest BCUT2D eigenvalue weighted by Crippen LogP contribution is -2.23. The van der Waals surface area contributed by atoms with Gasteiger partial charge in [-0.2, -0.15) is 0 Å². The van der Waals surface area contributed by atoms with Crippen LogP contribution in [0.2, 0.25) is 0 Å². The molecule has 2 atom stereocenters. The number of methoxy groups -OCH3 is 1. The standard InChI is InChI=1S/C19H21BrO5/c1-4-24-17(21)11-16-12(2)18(19(22)23-3)15(25-16)10-7-13-5-8-14(20)9-6-13/h5-10,12,16H,4,11H2,1-3H3/b10-7+. The van der Waals surface area contributed by atoms with Crippen LogP contribution in [-0.4, -0.2) is 31.8 Å². The lowest BCUT2D eigenvalue weighted by Gasteiger charge is -2.15. The molecular formula is C19H21BrO5. The summed E-state index contributed by atoms with van der Waals surface area (Å²) in [6.45, 7) is 3.91. The third kappa shape index (κ3) is 4.95. The van der Waals surface area contributed by atoms with Crippen LogP contribution in [0.1, 0.15) is 25.8 Å². The minimum absolute atomic E-state index is 0.0884. The zero-order valence-corrected chi connectivity index (χ0v) is 16.0. The lowest BCUT2D eigenvalue weighted by atomic mass is 9.94. The highest BCUT2D eigenvalue weighted by atomic mass is 79.9. The molecule has 0 amide bonds. The zero-order valence-electron chi connectivity index (χ0n) is 14.5. The Balaban J connectivity index is 2.21. The van der Waals surface area contributed by atoms with Crippen LogP contribution in [0.15, 0.2) is 46.1 Å². The second kappa shape index (κ2) is 8.85. The minimum atomic E-state index is -0.450. The number of hydrogen-bond acceptors (Lipinski definition) is 5. The Labute approximate surface area is 155 Å². The SMILES string of the molecule is CCOC(=O)CC1OC(/C=C/c2ccc(Br)cc2)=C(C(=O)OC)C1C. The Morgan fingerprint density at radius 2 is 1.92 bits per heavy atom. The van der Waals surface area contributed by atoms with Crippen molar-refractivity contribution in [3.63, 3.8) is 0 Å². The Hall–Kier alpha value is -2.08. The summed E-state index contributed by atoms with van der Waals surface area (Å²) < 4.78 is 16.7. The fourth-order valence-corrected chi connectivity index (χ4v) is 2.88. The molecule has 5 nitrogen and oxygen atoms in total. The minimum Gasteiger partial charge on any atom is -0.489 e. The van der Waals surface area contributed by atoms with Crippen molar-refractivity contribution in [3.8, 4) is 0 Å². The van der Waals surface area contributed by atoms with E-state index in [4.69, 9.17) is 14.2 Å². The number of carbonyl (C=O) groups excluding carboxylic acids is 2. The Morgan fingerprint density at radius 3 is 2.52 bits per heavy atom. The van der Waals surface area contributed by atoms with Crippen LogP contribution in [-0.2, 0) is 23.8 Å². The molecule has 6 heteroatoms. The molecule has 2 unspecified atom stereocenters. The van der Waals surface area contributed by atoms with E-state index in [9.17, 15) is 9.59 Å². The Bertz CT molecular complexity index is 690. The zero-order chi connectivity index (χ0) is 18.4. The van der Waals surface area contributed by atoms with Crippen LogP contribution in [0.4, 0.5) is 0 Å². The first kappa shape index (κ1) is 19.2. The summed E-state index contributed by atoms with van der Waals surface area (Å²) in [6, 6.07) is 7.73. The van der Waals surface area contributed by atoms with E-state index < -0.39 is 12.1 Å². The number of halogens is 1. The van der Waals surface area contributed by atoms with E-state index in [1.807, 2.05) is 37.3 Å². The molecule has 1 aromatic carbocycles. The van der Waals surface area contributed by atoms with Gasteiger partial charge in [0.1, 0.15) is 11.9 Å². The summed E-state index contributed by atoms with van der Waals surface area (Å²) in [4.78, 5) is 23.9. The molecule has 2 rings (SSSR count). The van der Waals surface area contributed by atoms with Gasteiger partial charge in [0.2, 0.25) is 0 Å². The first-order valence-electron chi connectivity index (χ1n) is 8.04. The summed E-state index contributed by atoms with van der Waals surface area (Å²) in [7, 11) is 1.33. The predicted molar refractivity (Wildman–Crippen MR) is 97.5 cm³/mol. The number of benzene rings is 1. The Morgan fingerprint density at radius 1 is 1.24 bits per heavy atom. The van der Waals surface area contributed by atoms with E-state index in [0.717, 1.165) is 10.0 Å². The second-order valence-electron chi connectivity index (χ2n) is 5.61. The van der Waals surface area contributed by atoms with Crippen molar-refractivity contribution in [3.05, 3.63) is 51.7 Å². The van der Waals surface area contributed by atoms with Crippen molar-refractivity contribution in [2.45, 2.75) is 26.4 Å². The molecular weight excluding hydrogens is 388 g/mol. The van der Waals surface area contributed by atoms with Gasteiger partial charge in [0, 0.05) is 10.4 Å². The average Bonchev–Trinajstić information content (AvgIpc) is 2.89. The highest BCUT2D eigenvalue weighted by Gasteiger charge is 2.38. The molecule has 1 heterocycles. The normalized spacial score (nSPS) is 19.8. The van der Waals surface area contributed by atoms with Gasteiger partial charge in [0.15, 0.2) is 0 Å². The number of allylic oxidation sites excluding steroid dienone is 1. The topological polar surface area (TPSA) is 61.8 Å². The monoisotopic (exact) mass is 408 g/mol. The molecule has 0 spiro atoms. The average molecular weight is 409 g/mol. The molecule has 0 aromatic heterocycles. The van der Waals surface area contributed by atoms with E-state index in [-0.39, 0.29) is 18.3 Å². The quantitative estimate of drug-likeness (QED) is 0.668. The van der Waals surface area contributed by atoms with Gasteiger partial charge in [-0.1, -0.05) is 41.1 Å². The van der Waals surface area contributed by atoms with E-state index in [1.54, 1.807) is 13.0 Å². The molecule has 0 saturated heterocycles. The van der Waals surface area contributed by atoms with Crippen molar-refractivity contribution in [1.82, 2.24) is 0 Å². The molecule has 1 aliphatic rings. The fourth-order valence-electron chi connectivity index (χ4n) is 2.61. The van der Waals surface area contributed by atoms with Gasteiger partial charge in [0.05, 0.1) is 25.7 Å². The largest absolute Gasteiger partial charge is 0.489 e. The lowest BCUT2D eigenvalue weighted by molar-refractivity contribution is -0.146. The van der Waals surface area contributed by atoms with Crippen molar-refractivity contribution >= 4 is 33.9 Å². The fraction of sp³-hybridized carbons (Fsp3) is 0.368. The molecule has 25 heavy (non-hydrogen) atoms. The number of rotatable bonds is 6. The molecule has 134 valence electrons. The molecule has 0 radical (unpaired) electrons. The molecule has 1 aromatic rings. The first-order valence-corrected chi connectivity index (χ1v) is 8.84. The van der Waals surface area contributed by atoms with Crippen molar-refractivity contribution in [2.75, 3.05) is 13.7 Å². The number of hydrogen-bond donors (Lipinski definition) is 0. The highest BCUT2D eigenvalue weighted by Crippen LogP contribution is 2.34. The van der Waals surface area contributed by atoms with E-state index in [0.29, 0.717) is 17.9 Å². The summed E-state index contributed by atoms with van der Waals surface area (Å²) in [6.07, 6.45) is 3.23.